The van der Waals surface area contributed by atoms with Crippen molar-refractivity contribution in [3.63, 3.8) is 0 Å². The van der Waals surface area contributed by atoms with Gasteiger partial charge in [0.1, 0.15) is 4.70 Å². The molecule has 6 nitrogen and oxygen atoms in total. The van der Waals surface area contributed by atoms with Crippen molar-refractivity contribution in [2.24, 2.45) is 5.92 Å². The molecule has 0 fully saturated rings. The Kier molecular flexibility index (Phi) is 6.06. The van der Waals surface area contributed by atoms with E-state index in [4.69, 9.17) is 0 Å². The number of fused-ring (bicyclic) bond motifs is 1. The molecule has 0 aliphatic rings. The van der Waals surface area contributed by atoms with E-state index in [-0.39, 0.29) is 12.5 Å². The number of nitrogens with one attached hydrogen (secondary N) is 2. The molecular formula is C17H21N5OS2. The summed E-state index contributed by atoms with van der Waals surface area (Å²) >= 11 is 3.12. The van der Waals surface area contributed by atoms with E-state index in [0.717, 1.165) is 21.4 Å². The molecule has 0 saturated carbocycles. The molecule has 3 rings (SSSR count). The number of hydrogen-bond acceptors (Lipinski definition) is 8. The molecule has 2 heterocycles. The molecule has 1 aromatic carbocycles. The van der Waals surface area contributed by atoms with Crippen LogP contribution >= 0.6 is 23.1 Å². The van der Waals surface area contributed by atoms with Gasteiger partial charge in [0, 0.05) is 26.0 Å². The third-order valence-corrected chi connectivity index (χ3v) is 5.57. The summed E-state index contributed by atoms with van der Waals surface area (Å²) in [6.07, 6.45) is 0. The smallest absolute Gasteiger partial charge is 0.191 e. The molecule has 0 aliphatic carbocycles. The van der Waals surface area contributed by atoms with Crippen LogP contribution in [0.5, 0.6) is 0 Å². The van der Waals surface area contributed by atoms with Crippen LogP contribution in [0.1, 0.15) is 12.5 Å². The maximum absolute atomic E-state index is 9.24. The first kappa shape index (κ1) is 17.9. The van der Waals surface area contributed by atoms with Crippen molar-refractivity contribution in [2.75, 3.05) is 30.8 Å². The van der Waals surface area contributed by atoms with Gasteiger partial charge in [-0.15, -0.1) is 0 Å². The first-order valence-corrected chi connectivity index (χ1v) is 9.87. The van der Waals surface area contributed by atoms with Crippen LogP contribution in [-0.4, -0.2) is 40.3 Å². The number of hydrogen-bond donors (Lipinski definition) is 3. The van der Waals surface area contributed by atoms with E-state index in [1.165, 1.54) is 16.9 Å². The second-order valence-electron chi connectivity index (χ2n) is 5.72. The predicted octanol–water partition coefficient (Wildman–Crippen LogP) is 3.46. The van der Waals surface area contributed by atoms with Crippen molar-refractivity contribution >= 4 is 44.4 Å². The third kappa shape index (κ3) is 4.59. The van der Waals surface area contributed by atoms with Crippen LogP contribution < -0.4 is 10.6 Å². The number of aliphatic hydroxyl groups is 1. The summed E-state index contributed by atoms with van der Waals surface area (Å²) < 4.78 is 0.929. The maximum Gasteiger partial charge on any atom is 0.191 e. The average molecular weight is 376 g/mol. The second-order valence-corrected chi connectivity index (χ2v) is 7.66. The highest BCUT2D eigenvalue weighted by Gasteiger charge is 2.14. The van der Waals surface area contributed by atoms with Crippen molar-refractivity contribution < 1.29 is 5.11 Å². The molecule has 0 spiro atoms. The van der Waals surface area contributed by atoms with E-state index in [0.29, 0.717) is 17.3 Å². The number of rotatable bonds is 8. The van der Waals surface area contributed by atoms with Crippen LogP contribution in [0.4, 0.5) is 10.9 Å². The van der Waals surface area contributed by atoms with Crippen molar-refractivity contribution in [2.45, 2.75) is 17.8 Å². The summed E-state index contributed by atoms with van der Waals surface area (Å²) in [5, 5.41) is 17.1. The zero-order chi connectivity index (χ0) is 17.6. The van der Waals surface area contributed by atoms with Crippen LogP contribution in [0.2, 0.25) is 0 Å². The molecule has 0 bridgehead atoms. The van der Waals surface area contributed by atoms with E-state index in [1.807, 2.05) is 32.2 Å². The summed E-state index contributed by atoms with van der Waals surface area (Å²) in [7, 11) is 1.84. The summed E-state index contributed by atoms with van der Waals surface area (Å²) in [4.78, 5) is 13.8. The lowest BCUT2D eigenvalue weighted by molar-refractivity contribution is 0.244. The zero-order valence-electron chi connectivity index (χ0n) is 14.2. The van der Waals surface area contributed by atoms with Gasteiger partial charge >= 0.3 is 0 Å². The predicted molar refractivity (Wildman–Crippen MR) is 105 cm³/mol. The van der Waals surface area contributed by atoms with Gasteiger partial charge in [-0.25, -0.2) is 9.97 Å². The van der Waals surface area contributed by atoms with Crippen LogP contribution in [0.25, 0.3) is 10.3 Å². The molecule has 0 aliphatic heterocycles. The normalized spacial score (nSPS) is 12.3. The molecule has 1 atom stereocenters. The fourth-order valence-electron chi connectivity index (χ4n) is 2.15. The van der Waals surface area contributed by atoms with Gasteiger partial charge < -0.3 is 15.7 Å². The SMILES string of the molecule is CNc1nc2nc(SCc3ccccc3)nc(NCC(C)CO)c2s1. The van der Waals surface area contributed by atoms with Gasteiger partial charge in [-0.05, 0) is 11.5 Å². The molecule has 0 saturated heterocycles. The number of anilines is 2. The highest BCUT2D eigenvalue weighted by molar-refractivity contribution is 7.98. The van der Waals surface area contributed by atoms with Crippen molar-refractivity contribution in [3.8, 4) is 0 Å². The Bertz CT molecular complexity index is 825. The monoisotopic (exact) mass is 375 g/mol. The quantitative estimate of drug-likeness (QED) is 0.411. The van der Waals surface area contributed by atoms with Gasteiger partial charge in [-0.1, -0.05) is 60.4 Å². The molecule has 3 N–H and O–H groups in total. The highest BCUT2D eigenvalue weighted by Crippen LogP contribution is 2.32. The molecule has 0 radical (unpaired) electrons. The number of benzene rings is 1. The lowest BCUT2D eigenvalue weighted by Gasteiger charge is -2.11. The number of thiazole rings is 1. The van der Waals surface area contributed by atoms with Crippen LogP contribution in [0, 0.1) is 5.92 Å². The van der Waals surface area contributed by atoms with E-state index in [2.05, 4.69) is 37.7 Å². The Labute approximate surface area is 155 Å². The third-order valence-electron chi connectivity index (χ3n) is 3.59. The van der Waals surface area contributed by atoms with Crippen LogP contribution in [-0.2, 0) is 5.75 Å². The Balaban J connectivity index is 1.84. The maximum atomic E-state index is 9.24. The summed E-state index contributed by atoms with van der Waals surface area (Å²) in [5.74, 6) is 1.74. The van der Waals surface area contributed by atoms with Crippen molar-refractivity contribution in [1.82, 2.24) is 15.0 Å². The first-order valence-electron chi connectivity index (χ1n) is 8.07. The lowest BCUT2D eigenvalue weighted by atomic mass is 10.2. The van der Waals surface area contributed by atoms with E-state index in [1.54, 1.807) is 11.8 Å². The van der Waals surface area contributed by atoms with E-state index in [9.17, 15) is 5.11 Å². The standard InChI is InChI=1S/C17H21N5OS2/c1-11(9-23)8-19-14-13-15(21-16(18-2)25-13)22-17(20-14)24-10-12-6-4-3-5-7-12/h3-7,11,23H,8-10H2,1-2H3,(H2,18,19,20,21,22). The summed E-state index contributed by atoms with van der Waals surface area (Å²) in [6.45, 7) is 2.78. The molecule has 1 unspecified atom stereocenters. The summed E-state index contributed by atoms with van der Waals surface area (Å²) in [6, 6.07) is 10.3. The minimum atomic E-state index is 0.140. The molecule has 3 aromatic rings. The average Bonchev–Trinajstić information content (AvgIpc) is 3.08. The van der Waals surface area contributed by atoms with Gasteiger partial charge in [0.15, 0.2) is 21.8 Å². The van der Waals surface area contributed by atoms with Gasteiger partial charge in [0.25, 0.3) is 0 Å². The Morgan fingerprint density at radius 3 is 2.72 bits per heavy atom. The van der Waals surface area contributed by atoms with Gasteiger partial charge in [-0.2, -0.15) is 4.98 Å². The topological polar surface area (TPSA) is 83.0 Å². The summed E-state index contributed by atoms with van der Waals surface area (Å²) in [5.41, 5.74) is 1.92. The van der Waals surface area contributed by atoms with E-state index >= 15 is 0 Å². The van der Waals surface area contributed by atoms with Gasteiger partial charge in [0.2, 0.25) is 0 Å². The second kappa shape index (κ2) is 8.46. The Hall–Kier alpha value is -1.90. The van der Waals surface area contributed by atoms with Crippen LogP contribution in [0.3, 0.4) is 0 Å². The van der Waals surface area contributed by atoms with Gasteiger partial charge in [-0.3, -0.25) is 0 Å². The molecule has 25 heavy (non-hydrogen) atoms. The molecule has 132 valence electrons. The fourth-order valence-corrected chi connectivity index (χ4v) is 3.77. The number of nitrogens with zero attached hydrogens (tertiary/aromatic N) is 3. The van der Waals surface area contributed by atoms with Crippen molar-refractivity contribution in [1.29, 1.82) is 0 Å². The van der Waals surface area contributed by atoms with Crippen LogP contribution in [0.15, 0.2) is 35.5 Å². The highest BCUT2D eigenvalue weighted by atomic mass is 32.2. The van der Waals surface area contributed by atoms with Gasteiger partial charge in [0.05, 0.1) is 0 Å². The largest absolute Gasteiger partial charge is 0.396 e. The van der Waals surface area contributed by atoms with E-state index < -0.39 is 0 Å². The minimum Gasteiger partial charge on any atom is -0.396 e. The molecule has 2 aromatic heterocycles. The Morgan fingerprint density at radius 2 is 2.00 bits per heavy atom. The number of aromatic nitrogens is 3. The number of aliphatic hydroxyl groups excluding tert-OH is 1. The fraction of sp³-hybridized carbons (Fsp3) is 0.353. The molecule has 8 heteroatoms. The first-order chi connectivity index (χ1) is 12.2. The lowest BCUT2D eigenvalue weighted by Crippen LogP contribution is -2.15. The molecular weight excluding hydrogens is 354 g/mol. The molecule has 0 amide bonds. The zero-order valence-corrected chi connectivity index (χ0v) is 15.8. The Morgan fingerprint density at radius 1 is 1.20 bits per heavy atom. The van der Waals surface area contributed by atoms with Crippen molar-refractivity contribution in [3.05, 3.63) is 35.9 Å². The minimum absolute atomic E-state index is 0.140. The number of thioether (sulfide) groups is 1.